The summed E-state index contributed by atoms with van der Waals surface area (Å²) in [5.74, 6) is 3.87. The number of hydrogen-bond donors (Lipinski definition) is 2. The number of hydrazine groups is 1. The topological polar surface area (TPSA) is 83.6 Å². The van der Waals surface area contributed by atoms with Gasteiger partial charge in [-0.15, -0.1) is 0 Å². The van der Waals surface area contributed by atoms with E-state index in [1.54, 1.807) is 18.2 Å². The standard InChI is InChI=1S/C10H12N2O3.CH4/c1-12(11)9(13)6-7-4-2-3-5-8(7)10(14)15;/h2-5H,6,11H2,1H3,(H,14,15);1H4. The van der Waals surface area contributed by atoms with Crippen molar-refractivity contribution in [2.45, 2.75) is 13.8 Å². The SMILES string of the molecule is C.CN(N)C(=O)Cc1ccccc1C(=O)O. The van der Waals surface area contributed by atoms with Gasteiger partial charge in [0.2, 0.25) is 5.91 Å². The maximum absolute atomic E-state index is 11.3. The van der Waals surface area contributed by atoms with Crippen LogP contribution in [0.1, 0.15) is 23.3 Å². The van der Waals surface area contributed by atoms with Crippen molar-refractivity contribution >= 4 is 11.9 Å². The minimum Gasteiger partial charge on any atom is -0.478 e. The summed E-state index contributed by atoms with van der Waals surface area (Å²) in [5, 5.41) is 9.80. The number of amides is 1. The van der Waals surface area contributed by atoms with Crippen molar-refractivity contribution < 1.29 is 14.7 Å². The highest BCUT2D eigenvalue weighted by atomic mass is 16.4. The van der Waals surface area contributed by atoms with Crippen molar-refractivity contribution in [3.63, 3.8) is 0 Å². The van der Waals surface area contributed by atoms with Gasteiger partial charge in [0.25, 0.3) is 0 Å². The Labute approximate surface area is 94.4 Å². The number of aromatic carboxylic acids is 1. The molecule has 0 bridgehead atoms. The third-order valence-electron chi connectivity index (χ3n) is 1.98. The maximum Gasteiger partial charge on any atom is 0.335 e. The minimum absolute atomic E-state index is 0. The highest BCUT2D eigenvalue weighted by Crippen LogP contribution is 2.09. The molecule has 0 radical (unpaired) electrons. The van der Waals surface area contributed by atoms with Crippen LogP contribution >= 0.6 is 0 Å². The third kappa shape index (κ3) is 3.36. The lowest BCUT2D eigenvalue weighted by Crippen LogP contribution is -2.34. The molecule has 0 atom stereocenters. The Morgan fingerprint density at radius 3 is 2.44 bits per heavy atom. The van der Waals surface area contributed by atoms with Gasteiger partial charge >= 0.3 is 5.97 Å². The van der Waals surface area contributed by atoms with Crippen molar-refractivity contribution in [2.24, 2.45) is 5.84 Å². The van der Waals surface area contributed by atoms with E-state index < -0.39 is 5.97 Å². The van der Waals surface area contributed by atoms with Crippen molar-refractivity contribution in [3.05, 3.63) is 35.4 Å². The summed E-state index contributed by atoms with van der Waals surface area (Å²) < 4.78 is 0. The number of carboxylic acids is 1. The number of benzene rings is 1. The minimum atomic E-state index is -1.04. The first-order chi connectivity index (χ1) is 7.02. The summed E-state index contributed by atoms with van der Waals surface area (Å²) in [4.78, 5) is 22.1. The van der Waals surface area contributed by atoms with Gasteiger partial charge in [-0.2, -0.15) is 0 Å². The summed E-state index contributed by atoms with van der Waals surface area (Å²) >= 11 is 0. The summed E-state index contributed by atoms with van der Waals surface area (Å²) in [6.45, 7) is 0. The van der Waals surface area contributed by atoms with Crippen LogP contribution in [0.4, 0.5) is 0 Å². The number of hydrogen-bond acceptors (Lipinski definition) is 3. The van der Waals surface area contributed by atoms with E-state index in [2.05, 4.69) is 0 Å². The molecule has 3 N–H and O–H groups in total. The molecule has 0 aromatic heterocycles. The Morgan fingerprint density at radius 1 is 1.38 bits per heavy atom. The second-order valence-electron chi connectivity index (χ2n) is 3.14. The Bertz CT molecular complexity index is 389. The lowest BCUT2D eigenvalue weighted by molar-refractivity contribution is -0.129. The molecule has 0 unspecified atom stereocenters. The number of nitrogens with two attached hydrogens (primary N) is 1. The van der Waals surface area contributed by atoms with Crippen LogP contribution in [0, 0.1) is 0 Å². The molecule has 1 amide bonds. The molecule has 0 aliphatic heterocycles. The highest BCUT2D eigenvalue weighted by Gasteiger charge is 2.13. The van der Waals surface area contributed by atoms with E-state index >= 15 is 0 Å². The molecule has 0 spiro atoms. The molecule has 1 aromatic rings. The Morgan fingerprint density at radius 2 is 1.94 bits per heavy atom. The molecule has 1 aromatic carbocycles. The molecule has 88 valence electrons. The van der Waals surface area contributed by atoms with Gasteiger partial charge in [0, 0.05) is 7.05 Å². The molecule has 16 heavy (non-hydrogen) atoms. The normalized spacial score (nSPS) is 9.12. The first-order valence-corrected chi connectivity index (χ1v) is 4.35. The number of nitrogens with zero attached hydrogens (tertiary/aromatic N) is 1. The van der Waals surface area contributed by atoms with E-state index in [0.29, 0.717) is 5.56 Å². The first-order valence-electron chi connectivity index (χ1n) is 4.35. The molecule has 0 heterocycles. The Hall–Kier alpha value is -1.88. The van der Waals surface area contributed by atoms with E-state index in [0.717, 1.165) is 5.01 Å². The van der Waals surface area contributed by atoms with Crippen LogP contribution in [0.5, 0.6) is 0 Å². The van der Waals surface area contributed by atoms with Crippen LogP contribution in [0.2, 0.25) is 0 Å². The molecule has 0 saturated carbocycles. The van der Waals surface area contributed by atoms with Gasteiger partial charge in [0.1, 0.15) is 0 Å². The van der Waals surface area contributed by atoms with Gasteiger partial charge in [-0.1, -0.05) is 25.6 Å². The van der Waals surface area contributed by atoms with Crippen molar-refractivity contribution in [3.8, 4) is 0 Å². The fourth-order valence-corrected chi connectivity index (χ4v) is 1.17. The molecule has 5 nitrogen and oxygen atoms in total. The number of carbonyl (C=O) groups excluding carboxylic acids is 1. The smallest absolute Gasteiger partial charge is 0.335 e. The lowest BCUT2D eigenvalue weighted by Gasteiger charge is -2.10. The summed E-state index contributed by atoms with van der Waals surface area (Å²) in [7, 11) is 1.42. The number of carbonyl (C=O) groups is 2. The highest BCUT2D eigenvalue weighted by molar-refractivity contribution is 5.91. The molecule has 0 saturated heterocycles. The summed E-state index contributed by atoms with van der Waals surface area (Å²) in [6.07, 6.45) is -0.00449. The Balaban J connectivity index is 0.00000225. The van der Waals surface area contributed by atoms with E-state index in [9.17, 15) is 9.59 Å². The molecule has 1 rings (SSSR count). The van der Waals surface area contributed by atoms with Crippen molar-refractivity contribution in [1.29, 1.82) is 0 Å². The van der Waals surface area contributed by atoms with E-state index in [1.807, 2.05) is 0 Å². The molecule has 0 aliphatic carbocycles. The zero-order chi connectivity index (χ0) is 11.4. The van der Waals surface area contributed by atoms with Gasteiger partial charge in [-0.05, 0) is 11.6 Å². The quantitative estimate of drug-likeness (QED) is 0.454. The summed E-state index contributed by atoms with van der Waals surface area (Å²) in [5.41, 5.74) is 0.597. The van der Waals surface area contributed by atoms with Gasteiger partial charge in [-0.25, -0.2) is 10.6 Å². The average Bonchev–Trinajstić information content (AvgIpc) is 2.18. The molecular weight excluding hydrogens is 208 g/mol. The van der Waals surface area contributed by atoms with Crippen molar-refractivity contribution in [2.75, 3.05) is 7.05 Å². The lowest BCUT2D eigenvalue weighted by atomic mass is 10.0. The van der Waals surface area contributed by atoms with Gasteiger partial charge in [-0.3, -0.25) is 9.80 Å². The van der Waals surface area contributed by atoms with Crippen LogP contribution in [-0.4, -0.2) is 29.0 Å². The number of rotatable bonds is 3. The van der Waals surface area contributed by atoms with Crippen LogP contribution in [-0.2, 0) is 11.2 Å². The monoisotopic (exact) mass is 224 g/mol. The predicted molar refractivity (Wildman–Crippen MR) is 60.8 cm³/mol. The fourth-order valence-electron chi connectivity index (χ4n) is 1.17. The van der Waals surface area contributed by atoms with Gasteiger partial charge in [0.05, 0.1) is 12.0 Å². The fraction of sp³-hybridized carbons (Fsp3) is 0.273. The maximum atomic E-state index is 11.3. The zero-order valence-electron chi connectivity index (χ0n) is 8.30. The third-order valence-corrected chi connectivity index (χ3v) is 1.98. The van der Waals surface area contributed by atoms with Gasteiger partial charge in [0.15, 0.2) is 0 Å². The molecular formula is C11H16N2O3. The molecule has 0 aliphatic rings. The van der Waals surface area contributed by atoms with Crippen LogP contribution in [0.3, 0.4) is 0 Å². The number of likely N-dealkylation sites (N-methyl/N-ethyl adjacent to an activating group) is 1. The molecule has 0 fully saturated rings. The first kappa shape index (κ1) is 14.1. The van der Waals surface area contributed by atoms with Crippen molar-refractivity contribution in [1.82, 2.24) is 5.01 Å². The van der Waals surface area contributed by atoms with Crippen LogP contribution in [0.15, 0.2) is 24.3 Å². The second kappa shape index (κ2) is 5.87. The number of carboxylic acid groups (broad SMARTS) is 1. The summed E-state index contributed by atoms with van der Waals surface area (Å²) in [6, 6.07) is 6.36. The van der Waals surface area contributed by atoms with E-state index in [4.69, 9.17) is 10.9 Å². The van der Waals surface area contributed by atoms with Crippen LogP contribution < -0.4 is 5.84 Å². The van der Waals surface area contributed by atoms with E-state index in [1.165, 1.54) is 13.1 Å². The largest absolute Gasteiger partial charge is 0.478 e. The average molecular weight is 224 g/mol. The zero-order valence-corrected chi connectivity index (χ0v) is 8.30. The van der Waals surface area contributed by atoms with Gasteiger partial charge < -0.3 is 5.11 Å². The Kier molecular flexibility index (Phi) is 5.18. The predicted octanol–water partition coefficient (Wildman–Crippen LogP) is 0.895. The van der Waals surface area contributed by atoms with E-state index in [-0.39, 0.29) is 25.3 Å². The molecule has 5 heteroatoms. The van der Waals surface area contributed by atoms with Crippen LogP contribution in [0.25, 0.3) is 0 Å². The second-order valence-corrected chi connectivity index (χ2v) is 3.14.